The Morgan fingerprint density at radius 2 is 1.97 bits per heavy atom. The van der Waals surface area contributed by atoms with Crippen molar-refractivity contribution in [3.63, 3.8) is 0 Å². The molecule has 32 heavy (non-hydrogen) atoms. The Bertz CT molecular complexity index is 1150. The minimum Gasteiger partial charge on any atom is -0.484 e. The van der Waals surface area contributed by atoms with Gasteiger partial charge in [0.15, 0.2) is 6.61 Å². The van der Waals surface area contributed by atoms with Gasteiger partial charge in [0.25, 0.3) is 5.91 Å². The fraction of sp³-hybridized carbons (Fsp3) is 0.286. The molecule has 0 saturated carbocycles. The molecule has 0 aliphatic carbocycles. The molecule has 2 aromatic carbocycles. The van der Waals surface area contributed by atoms with Crippen LogP contribution in [0.3, 0.4) is 0 Å². The Morgan fingerprint density at radius 1 is 1.19 bits per heavy atom. The molecule has 0 atom stereocenters. The minimum atomic E-state index is -0.610. The van der Waals surface area contributed by atoms with E-state index in [1.807, 2.05) is 0 Å². The molecule has 0 radical (unpaired) electrons. The van der Waals surface area contributed by atoms with Crippen molar-refractivity contribution in [1.29, 1.82) is 0 Å². The van der Waals surface area contributed by atoms with E-state index in [1.54, 1.807) is 23.1 Å². The highest BCUT2D eigenvalue weighted by molar-refractivity contribution is 6.31. The summed E-state index contributed by atoms with van der Waals surface area (Å²) in [6.45, 7) is 0.718. The van der Waals surface area contributed by atoms with Gasteiger partial charge in [-0.3, -0.25) is 10.1 Å². The number of halogens is 3. The molecule has 0 spiro atoms. The van der Waals surface area contributed by atoms with Crippen molar-refractivity contribution >= 4 is 52.1 Å². The Hall–Kier alpha value is -3.04. The molecule has 3 N–H and O–H groups in total. The number of likely N-dealkylation sites (tertiary alicyclic amines) is 1. The van der Waals surface area contributed by atoms with Gasteiger partial charge in [0.05, 0.1) is 16.1 Å². The van der Waals surface area contributed by atoms with Crippen molar-refractivity contribution in [2.45, 2.75) is 18.9 Å². The molecule has 0 unspecified atom stereocenters. The summed E-state index contributed by atoms with van der Waals surface area (Å²) in [5.74, 6) is -0.356. The van der Waals surface area contributed by atoms with Crippen molar-refractivity contribution < 1.29 is 18.7 Å². The van der Waals surface area contributed by atoms with Crippen molar-refractivity contribution in [2.75, 3.05) is 25.0 Å². The second-order valence-electron chi connectivity index (χ2n) is 7.37. The maximum absolute atomic E-state index is 13.4. The number of aromatic amines is 1. The number of hydrogen-bond acceptors (Lipinski definition) is 4. The van der Waals surface area contributed by atoms with Gasteiger partial charge >= 0.3 is 6.03 Å². The van der Waals surface area contributed by atoms with Gasteiger partial charge in [-0.15, -0.1) is 0 Å². The first kappa shape index (κ1) is 22.2. The van der Waals surface area contributed by atoms with E-state index in [2.05, 4.69) is 20.6 Å². The van der Waals surface area contributed by atoms with Crippen LogP contribution < -0.4 is 15.4 Å². The molecule has 1 fully saturated rings. The lowest BCUT2D eigenvalue weighted by Gasteiger charge is -2.32. The van der Waals surface area contributed by atoms with Gasteiger partial charge < -0.3 is 19.9 Å². The summed E-state index contributed by atoms with van der Waals surface area (Å²) in [7, 11) is 0. The second-order valence-corrected chi connectivity index (χ2v) is 8.21. The normalized spacial score (nSPS) is 14.4. The lowest BCUT2D eigenvalue weighted by molar-refractivity contribution is -0.124. The second kappa shape index (κ2) is 9.62. The molecule has 11 heteroatoms. The number of carbonyl (C=O) groups is 2. The van der Waals surface area contributed by atoms with Crippen molar-refractivity contribution in [3.8, 4) is 5.75 Å². The first-order valence-electron chi connectivity index (χ1n) is 9.96. The van der Waals surface area contributed by atoms with E-state index in [4.69, 9.17) is 27.9 Å². The highest BCUT2D eigenvalue weighted by Gasteiger charge is 2.24. The molecule has 168 valence electrons. The molecule has 2 heterocycles. The number of benzene rings is 2. The predicted octanol–water partition coefficient (Wildman–Crippen LogP) is 4.20. The number of fused-ring (bicyclic) bond motifs is 1. The molecule has 4 rings (SSSR count). The van der Waals surface area contributed by atoms with Gasteiger partial charge in [-0.05, 0) is 43.2 Å². The number of anilines is 1. The molecule has 1 aromatic heterocycles. The summed E-state index contributed by atoms with van der Waals surface area (Å²) in [6.07, 6.45) is 1.20. The van der Waals surface area contributed by atoms with E-state index in [9.17, 15) is 14.0 Å². The van der Waals surface area contributed by atoms with E-state index in [-0.39, 0.29) is 35.4 Å². The molecule has 0 bridgehead atoms. The number of amides is 3. The van der Waals surface area contributed by atoms with Crippen molar-refractivity contribution in [3.05, 3.63) is 52.3 Å². The van der Waals surface area contributed by atoms with E-state index in [1.165, 1.54) is 12.1 Å². The zero-order valence-electron chi connectivity index (χ0n) is 16.8. The third-order valence-electron chi connectivity index (χ3n) is 5.08. The number of H-pyrrole nitrogens is 1. The summed E-state index contributed by atoms with van der Waals surface area (Å²) in [5, 5.41) is 6.19. The van der Waals surface area contributed by atoms with Gasteiger partial charge in [0.1, 0.15) is 11.6 Å². The van der Waals surface area contributed by atoms with Crippen LogP contribution >= 0.6 is 23.2 Å². The maximum Gasteiger partial charge on any atom is 0.324 e. The Kier molecular flexibility index (Phi) is 6.66. The fourth-order valence-corrected chi connectivity index (χ4v) is 3.72. The van der Waals surface area contributed by atoms with Crippen molar-refractivity contribution in [2.24, 2.45) is 0 Å². The van der Waals surface area contributed by atoms with Crippen LogP contribution in [0.2, 0.25) is 10.0 Å². The summed E-state index contributed by atoms with van der Waals surface area (Å²) in [4.78, 5) is 33.7. The van der Waals surface area contributed by atoms with E-state index < -0.39 is 5.82 Å². The number of nitrogens with one attached hydrogen (secondary N) is 3. The van der Waals surface area contributed by atoms with Crippen LogP contribution in [0.4, 0.5) is 15.1 Å². The van der Waals surface area contributed by atoms with E-state index >= 15 is 0 Å². The minimum absolute atomic E-state index is 0.0117. The van der Waals surface area contributed by atoms with Gasteiger partial charge in [0.2, 0.25) is 5.95 Å². The summed E-state index contributed by atoms with van der Waals surface area (Å²) in [5.41, 5.74) is 1.44. The van der Waals surface area contributed by atoms with E-state index in [0.717, 1.165) is 11.6 Å². The first-order chi connectivity index (χ1) is 15.4. The number of ether oxygens (including phenoxy) is 1. The third-order valence-corrected chi connectivity index (χ3v) is 5.62. The predicted molar refractivity (Wildman–Crippen MR) is 120 cm³/mol. The Labute approximate surface area is 193 Å². The monoisotopic (exact) mass is 479 g/mol. The van der Waals surface area contributed by atoms with Gasteiger partial charge in [-0.2, -0.15) is 0 Å². The van der Waals surface area contributed by atoms with E-state index in [0.29, 0.717) is 42.4 Å². The smallest absolute Gasteiger partial charge is 0.324 e. The number of imidazole rings is 1. The molecule has 1 aliphatic heterocycles. The zero-order chi connectivity index (χ0) is 22.7. The van der Waals surface area contributed by atoms with Crippen LogP contribution in [-0.4, -0.2) is 52.5 Å². The summed E-state index contributed by atoms with van der Waals surface area (Å²) in [6, 6.07) is 8.87. The van der Waals surface area contributed by atoms with Crippen LogP contribution in [0.15, 0.2) is 36.4 Å². The maximum atomic E-state index is 13.4. The number of urea groups is 1. The number of piperidine rings is 1. The van der Waals surface area contributed by atoms with Crippen LogP contribution in [0.5, 0.6) is 5.75 Å². The van der Waals surface area contributed by atoms with Gasteiger partial charge in [-0.1, -0.05) is 23.2 Å². The molecular weight excluding hydrogens is 460 g/mol. The van der Waals surface area contributed by atoms with Crippen LogP contribution in [-0.2, 0) is 4.79 Å². The largest absolute Gasteiger partial charge is 0.484 e. The fourth-order valence-electron chi connectivity index (χ4n) is 3.43. The average Bonchev–Trinajstić information content (AvgIpc) is 3.16. The van der Waals surface area contributed by atoms with Crippen LogP contribution in [0.25, 0.3) is 11.0 Å². The Morgan fingerprint density at radius 3 is 2.72 bits per heavy atom. The lowest BCUT2D eigenvalue weighted by atomic mass is 10.1. The number of carbonyl (C=O) groups excluding carboxylic acids is 2. The molecule has 1 saturated heterocycles. The number of hydrogen-bond donors (Lipinski definition) is 3. The number of rotatable bonds is 5. The summed E-state index contributed by atoms with van der Waals surface area (Å²) >= 11 is 11.6. The topological polar surface area (TPSA) is 99.3 Å². The summed E-state index contributed by atoms with van der Waals surface area (Å²) < 4.78 is 18.7. The molecular formula is C21H20Cl2FN5O3. The highest BCUT2D eigenvalue weighted by Crippen LogP contribution is 2.21. The van der Waals surface area contributed by atoms with Gasteiger partial charge in [-0.25, -0.2) is 14.2 Å². The van der Waals surface area contributed by atoms with Crippen LogP contribution in [0.1, 0.15) is 12.8 Å². The number of aromatic nitrogens is 2. The molecule has 3 aromatic rings. The van der Waals surface area contributed by atoms with Crippen molar-refractivity contribution in [1.82, 2.24) is 20.2 Å². The standard InChI is InChI=1S/C21H20Cl2FN5O3/c22-12-1-4-17-18(9-12)27-20(26-17)28-21(31)29-7-5-13(6-8-29)25-19(30)11-32-14-2-3-15(23)16(24)10-14/h1-4,9-10,13H,5-8,11H2,(H,25,30)(H2,26,27,28,31). The number of nitrogens with zero attached hydrogens (tertiary/aromatic N) is 2. The quantitative estimate of drug-likeness (QED) is 0.510. The zero-order valence-corrected chi connectivity index (χ0v) is 18.3. The average molecular weight is 480 g/mol. The van der Waals surface area contributed by atoms with Crippen LogP contribution in [0, 0.1) is 5.82 Å². The van der Waals surface area contributed by atoms with Gasteiger partial charge in [0, 0.05) is 30.2 Å². The molecule has 8 nitrogen and oxygen atoms in total. The SMILES string of the molecule is O=C(COc1ccc(Cl)c(F)c1)NC1CCN(C(=O)Nc2nc3ccc(Cl)cc3[nH]2)CC1. The molecule has 3 amide bonds. The molecule has 1 aliphatic rings. The third kappa shape index (κ3) is 5.41. The Balaban J connectivity index is 1.22. The lowest BCUT2D eigenvalue weighted by Crippen LogP contribution is -2.48. The highest BCUT2D eigenvalue weighted by atomic mass is 35.5. The first-order valence-corrected chi connectivity index (χ1v) is 10.7.